The third kappa shape index (κ3) is 3.52. The summed E-state index contributed by atoms with van der Waals surface area (Å²) in [6, 6.07) is 0. The van der Waals surface area contributed by atoms with Gasteiger partial charge in [-0.15, -0.1) is 0 Å². The van der Waals surface area contributed by atoms with Crippen LogP contribution in [0.2, 0.25) is 0 Å². The Morgan fingerprint density at radius 3 is 2.82 bits per heavy atom. The zero-order chi connectivity index (χ0) is 12.1. The van der Waals surface area contributed by atoms with Crippen molar-refractivity contribution in [1.82, 2.24) is 10.7 Å². The molecule has 2 heterocycles. The lowest BCUT2D eigenvalue weighted by Gasteiger charge is -2.22. The van der Waals surface area contributed by atoms with Gasteiger partial charge in [0.1, 0.15) is 5.71 Å². The van der Waals surface area contributed by atoms with Crippen LogP contribution in [0.4, 0.5) is 0 Å². The normalized spacial score (nSPS) is 21.6. The van der Waals surface area contributed by atoms with E-state index in [1.807, 2.05) is 0 Å². The first-order chi connectivity index (χ1) is 8.25. The van der Waals surface area contributed by atoms with Gasteiger partial charge in [0.2, 0.25) is 5.91 Å². The average Bonchev–Trinajstić information content (AvgIpc) is 2.38. The summed E-state index contributed by atoms with van der Waals surface area (Å²) in [6.07, 6.45) is 2.74. The highest BCUT2D eigenvalue weighted by Crippen LogP contribution is 2.13. The van der Waals surface area contributed by atoms with Gasteiger partial charge in [-0.05, 0) is 18.8 Å². The van der Waals surface area contributed by atoms with E-state index in [2.05, 4.69) is 15.8 Å². The molecule has 2 rings (SSSR count). The molecule has 94 valence electrons. The van der Waals surface area contributed by atoms with Gasteiger partial charge in [-0.2, -0.15) is 5.10 Å². The molecule has 6 heteroatoms. The molecule has 0 spiro atoms. The van der Waals surface area contributed by atoms with E-state index in [1.54, 1.807) is 0 Å². The Morgan fingerprint density at radius 2 is 2.18 bits per heavy atom. The van der Waals surface area contributed by atoms with Crippen molar-refractivity contribution in [2.75, 3.05) is 19.8 Å². The van der Waals surface area contributed by atoms with Gasteiger partial charge in [0.05, 0.1) is 0 Å². The smallest absolute Gasteiger partial charge is 0.267 e. The van der Waals surface area contributed by atoms with Crippen molar-refractivity contribution >= 4 is 17.5 Å². The molecule has 2 amide bonds. The molecule has 0 unspecified atom stereocenters. The van der Waals surface area contributed by atoms with Gasteiger partial charge >= 0.3 is 0 Å². The zero-order valence-electron chi connectivity index (χ0n) is 9.70. The summed E-state index contributed by atoms with van der Waals surface area (Å²) in [6.45, 7) is 2.21. The monoisotopic (exact) mass is 239 g/mol. The predicted octanol–water partition coefficient (Wildman–Crippen LogP) is -0.205. The Balaban J connectivity index is 1.75. The molecule has 0 atom stereocenters. The summed E-state index contributed by atoms with van der Waals surface area (Å²) in [5, 5.41) is 6.61. The van der Waals surface area contributed by atoms with Crippen LogP contribution < -0.4 is 10.7 Å². The summed E-state index contributed by atoms with van der Waals surface area (Å²) >= 11 is 0. The van der Waals surface area contributed by atoms with Gasteiger partial charge in [0.15, 0.2) is 0 Å². The van der Waals surface area contributed by atoms with E-state index in [4.69, 9.17) is 4.74 Å². The molecule has 0 saturated carbocycles. The molecule has 0 aliphatic carbocycles. The highest BCUT2D eigenvalue weighted by atomic mass is 16.5. The minimum atomic E-state index is -0.170. The maximum atomic E-state index is 11.7. The molecule has 0 aromatic rings. The SMILES string of the molecule is O=C1CCC(C(=O)NCC2CCOCC2)=NN1. The minimum absolute atomic E-state index is 0.133. The number of hydrogen-bond donors (Lipinski definition) is 2. The summed E-state index contributed by atoms with van der Waals surface area (Å²) in [5.41, 5.74) is 2.73. The quantitative estimate of drug-likeness (QED) is 0.715. The Hall–Kier alpha value is -1.43. The molecule has 1 fully saturated rings. The fourth-order valence-electron chi connectivity index (χ4n) is 1.93. The highest BCUT2D eigenvalue weighted by Gasteiger charge is 2.20. The fourth-order valence-corrected chi connectivity index (χ4v) is 1.93. The van der Waals surface area contributed by atoms with E-state index in [0.29, 0.717) is 31.0 Å². The zero-order valence-corrected chi connectivity index (χ0v) is 9.70. The summed E-state index contributed by atoms with van der Waals surface area (Å²) < 4.78 is 5.25. The summed E-state index contributed by atoms with van der Waals surface area (Å²) in [4.78, 5) is 22.6. The fraction of sp³-hybridized carbons (Fsp3) is 0.727. The van der Waals surface area contributed by atoms with Gasteiger partial charge in [-0.1, -0.05) is 0 Å². The van der Waals surface area contributed by atoms with E-state index >= 15 is 0 Å². The van der Waals surface area contributed by atoms with Crippen molar-refractivity contribution in [2.24, 2.45) is 11.0 Å². The van der Waals surface area contributed by atoms with E-state index in [-0.39, 0.29) is 11.8 Å². The van der Waals surface area contributed by atoms with Crippen molar-refractivity contribution in [3.8, 4) is 0 Å². The van der Waals surface area contributed by atoms with Crippen LogP contribution in [0.5, 0.6) is 0 Å². The van der Waals surface area contributed by atoms with Crippen LogP contribution in [-0.4, -0.2) is 37.3 Å². The van der Waals surface area contributed by atoms with Gasteiger partial charge in [-0.25, -0.2) is 5.43 Å². The number of hydrogen-bond acceptors (Lipinski definition) is 4. The lowest BCUT2D eigenvalue weighted by molar-refractivity contribution is -0.121. The number of carbonyl (C=O) groups is 2. The third-order valence-electron chi connectivity index (χ3n) is 3.06. The van der Waals surface area contributed by atoms with Crippen molar-refractivity contribution in [3.05, 3.63) is 0 Å². The maximum Gasteiger partial charge on any atom is 0.267 e. The molecule has 6 nitrogen and oxygen atoms in total. The third-order valence-corrected chi connectivity index (χ3v) is 3.06. The van der Waals surface area contributed by atoms with Crippen LogP contribution in [-0.2, 0) is 14.3 Å². The van der Waals surface area contributed by atoms with Crippen LogP contribution in [0.3, 0.4) is 0 Å². The van der Waals surface area contributed by atoms with Crippen molar-refractivity contribution in [2.45, 2.75) is 25.7 Å². The Morgan fingerprint density at radius 1 is 1.41 bits per heavy atom. The van der Waals surface area contributed by atoms with Crippen LogP contribution in [0.15, 0.2) is 5.10 Å². The molecule has 17 heavy (non-hydrogen) atoms. The summed E-state index contributed by atoms with van der Waals surface area (Å²) in [5.74, 6) is 0.189. The first-order valence-electron chi connectivity index (χ1n) is 5.97. The van der Waals surface area contributed by atoms with E-state index in [9.17, 15) is 9.59 Å². The maximum absolute atomic E-state index is 11.7. The largest absolute Gasteiger partial charge is 0.381 e. The van der Waals surface area contributed by atoms with Gasteiger partial charge in [0.25, 0.3) is 5.91 Å². The minimum Gasteiger partial charge on any atom is -0.381 e. The average molecular weight is 239 g/mol. The van der Waals surface area contributed by atoms with Crippen LogP contribution in [0, 0.1) is 5.92 Å². The van der Waals surface area contributed by atoms with Crippen LogP contribution in [0.1, 0.15) is 25.7 Å². The number of rotatable bonds is 3. The molecule has 2 aliphatic heterocycles. The topological polar surface area (TPSA) is 79.8 Å². The molecule has 2 aliphatic rings. The second-order valence-electron chi connectivity index (χ2n) is 4.36. The molecular weight excluding hydrogens is 222 g/mol. The van der Waals surface area contributed by atoms with Crippen molar-refractivity contribution < 1.29 is 14.3 Å². The van der Waals surface area contributed by atoms with Gasteiger partial charge in [0, 0.05) is 32.6 Å². The number of nitrogens with zero attached hydrogens (tertiary/aromatic N) is 1. The Labute approximate surface area is 99.8 Å². The first kappa shape index (κ1) is 12.0. The molecule has 0 aromatic carbocycles. The standard InChI is InChI=1S/C11H17N3O3/c15-10-2-1-9(13-14-10)11(16)12-7-8-3-5-17-6-4-8/h8H,1-7H2,(H,12,16)(H,14,15). The molecule has 2 N–H and O–H groups in total. The second kappa shape index (κ2) is 5.77. The number of carbonyl (C=O) groups excluding carboxylic acids is 2. The molecule has 1 saturated heterocycles. The van der Waals surface area contributed by atoms with E-state index < -0.39 is 0 Å². The number of nitrogens with one attached hydrogen (secondary N) is 2. The van der Waals surface area contributed by atoms with Crippen LogP contribution in [0.25, 0.3) is 0 Å². The molecule has 0 aromatic heterocycles. The first-order valence-corrected chi connectivity index (χ1v) is 5.97. The second-order valence-corrected chi connectivity index (χ2v) is 4.36. The van der Waals surface area contributed by atoms with Crippen LogP contribution >= 0.6 is 0 Å². The molecule has 0 bridgehead atoms. The summed E-state index contributed by atoms with van der Waals surface area (Å²) in [7, 11) is 0. The number of hydrazone groups is 1. The van der Waals surface area contributed by atoms with Gasteiger partial charge in [-0.3, -0.25) is 9.59 Å². The number of ether oxygens (including phenoxy) is 1. The Bertz CT molecular complexity index is 335. The lowest BCUT2D eigenvalue weighted by Crippen LogP contribution is -2.39. The van der Waals surface area contributed by atoms with E-state index in [1.165, 1.54) is 0 Å². The Kier molecular flexibility index (Phi) is 4.08. The molecular formula is C11H17N3O3. The highest BCUT2D eigenvalue weighted by molar-refractivity contribution is 6.39. The van der Waals surface area contributed by atoms with Crippen molar-refractivity contribution in [3.63, 3.8) is 0 Å². The van der Waals surface area contributed by atoms with Gasteiger partial charge < -0.3 is 10.1 Å². The van der Waals surface area contributed by atoms with Crippen molar-refractivity contribution in [1.29, 1.82) is 0 Å². The lowest BCUT2D eigenvalue weighted by atomic mass is 10.0. The van der Waals surface area contributed by atoms with E-state index in [0.717, 1.165) is 26.1 Å². The molecule has 0 radical (unpaired) electrons. The predicted molar refractivity (Wildman–Crippen MR) is 61.4 cm³/mol. The number of amides is 2.